The Morgan fingerprint density at radius 1 is 1.24 bits per heavy atom. The van der Waals surface area contributed by atoms with Crippen molar-refractivity contribution in [2.45, 2.75) is 68.9 Å². The molecule has 0 atom stereocenters. The molecule has 4 aliphatic carbocycles. The van der Waals surface area contributed by atoms with Gasteiger partial charge in [0.05, 0.1) is 12.4 Å². The third kappa shape index (κ3) is 4.85. The summed E-state index contributed by atoms with van der Waals surface area (Å²) in [5, 5.41) is 3.67. The van der Waals surface area contributed by atoms with Crippen molar-refractivity contribution in [3.8, 4) is 0 Å². The number of hydrogen-bond acceptors (Lipinski definition) is 6. The fourth-order valence-corrected chi connectivity index (χ4v) is 6.44. The SMILES string of the molecule is CCCCOC(=O)c1cc(SCC(=O)NC23CC4CC(CC(C4)C2)C3)nc(=O)[nH]1. The van der Waals surface area contributed by atoms with Crippen molar-refractivity contribution >= 4 is 23.6 Å². The highest BCUT2D eigenvalue weighted by Crippen LogP contribution is 2.55. The Kier molecular flexibility index (Phi) is 5.99. The number of esters is 1. The van der Waals surface area contributed by atoms with E-state index in [1.54, 1.807) is 0 Å². The molecular weight excluding hydrogens is 390 g/mol. The van der Waals surface area contributed by atoms with Crippen molar-refractivity contribution in [1.29, 1.82) is 0 Å². The second kappa shape index (κ2) is 8.50. The number of aromatic amines is 1. The molecule has 2 N–H and O–H groups in total. The number of ether oxygens (including phenoxy) is 1. The van der Waals surface area contributed by atoms with E-state index in [0.29, 0.717) is 11.6 Å². The zero-order valence-corrected chi connectivity index (χ0v) is 17.7. The van der Waals surface area contributed by atoms with Crippen LogP contribution < -0.4 is 11.0 Å². The molecule has 1 aromatic rings. The summed E-state index contributed by atoms with van der Waals surface area (Å²) in [6.45, 7) is 2.32. The van der Waals surface area contributed by atoms with E-state index >= 15 is 0 Å². The monoisotopic (exact) mass is 419 g/mol. The molecule has 5 rings (SSSR count). The number of nitrogens with zero attached hydrogens (tertiary/aromatic N) is 1. The predicted molar refractivity (Wildman–Crippen MR) is 110 cm³/mol. The second-order valence-corrected chi connectivity index (χ2v) is 9.96. The quantitative estimate of drug-likeness (QED) is 0.291. The summed E-state index contributed by atoms with van der Waals surface area (Å²) in [5.74, 6) is 1.89. The minimum absolute atomic E-state index is 0.0221. The molecule has 1 heterocycles. The van der Waals surface area contributed by atoms with Crippen LogP contribution in [0.25, 0.3) is 0 Å². The van der Waals surface area contributed by atoms with Crippen LogP contribution in [0.3, 0.4) is 0 Å². The molecule has 0 aromatic carbocycles. The molecule has 0 saturated heterocycles. The smallest absolute Gasteiger partial charge is 0.354 e. The lowest BCUT2D eigenvalue weighted by Crippen LogP contribution is -2.60. The number of nitrogens with one attached hydrogen (secondary N) is 2. The van der Waals surface area contributed by atoms with Crippen LogP contribution in [0.5, 0.6) is 0 Å². The molecule has 8 heteroatoms. The van der Waals surface area contributed by atoms with E-state index in [2.05, 4.69) is 15.3 Å². The molecule has 0 radical (unpaired) electrons. The summed E-state index contributed by atoms with van der Waals surface area (Å²) >= 11 is 1.18. The van der Waals surface area contributed by atoms with Crippen LogP contribution >= 0.6 is 11.8 Å². The molecule has 4 saturated carbocycles. The van der Waals surface area contributed by atoms with Crippen molar-refractivity contribution in [2.24, 2.45) is 17.8 Å². The third-order valence-corrected chi connectivity index (χ3v) is 7.38. The Morgan fingerprint density at radius 3 is 2.52 bits per heavy atom. The summed E-state index contributed by atoms with van der Waals surface area (Å²) in [7, 11) is 0. The van der Waals surface area contributed by atoms with E-state index in [1.165, 1.54) is 37.1 Å². The first kappa shape index (κ1) is 20.4. The predicted octanol–water partition coefficient (Wildman–Crippen LogP) is 2.90. The van der Waals surface area contributed by atoms with Gasteiger partial charge in [0.2, 0.25) is 5.91 Å². The van der Waals surface area contributed by atoms with Gasteiger partial charge in [-0.2, -0.15) is 4.98 Å². The second-order valence-electron chi connectivity index (χ2n) is 8.96. The molecule has 0 unspecified atom stereocenters. The topological polar surface area (TPSA) is 101 Å². The number of H-pyrrole nitrogens is 1. The normalized spacial score (nSPS) is 29.6. The van der Waals surface area contributed by atoms with Gasteiger partial charge in [-0.05, 0) is 62.7 Å². The van der Waals surface area contributed by atoms with Crippen LogP contribution in [-0.2, 0) is 9.53 Å². The minimum atomic E-state index is -0.612. The zero-order chi connectivity index (χ0) is 20.4. The maximum atomic E-state index is 12.6. The maximum absolute atomic E-state index is 12.6. The highest BCUT2D eigenvalue weighted by Gasteiger charge is 2.51. The first-order valence-corrected chi connectivity index (χ1v) is 11.7. The molecule has 29 heavy (non-hydrogen) atoms. The van der Waals surface area contributed by atoms with Gasteiger partial charge in [0.15, 0.2) is 0 Å². The number of rotatable bonds is 8. The van der Waals surface area contributed by atoms with Crippen molar-refractivity contribution in [1.82, 2.24) is 15.3 Å². The molecule has 1 amide bonds. The molecule has 1 aromatic heterocycles. The van der Waals surface area contributed by atoms with Crippen LogP contribution in [0.1, 0.15) is 68.8 Å². The van der Waals surface area contributed by atoms with Gasteiger partial charge in [-0.15, -0.1) is 0 Å². The van der Waals surface area contributed by atoms with Gasteiger partial charge < -0.3 is 10.1 Å². The van der Waals surface area contributed by atoms with Crippen LogP contribution in [-0.4, -0.2) is 39.7 Å². The van der Waals surface area contributed by atoms with Crippen molar-refractivity contribution in [2.75, 3.05) is 12.4 Å². The first-order valence-electron chi connectivity index (χ1n) is 10.7. The number of carbonyl (C=O) groups excluding carboxylic acids is 2. The van der Waals surface area contributed by atoms with E-state index in [4.69, 9.17) is 4.74 Å². The zero-order valence-electron chi connectivity index (χ0n) is 16.9. The fraction of sp³-hybridized carbons (Fsp3) is 0.714. The van der Waals surface area contributed by atoms with Crippen LogP contribution in [0.2, 0.25) is 0 Å². The number of amides is 1. The minimum Gasteiger partial charge on any atom is -0.461 e. The van der Waals surface area contributed by atoms with E-state index in [1.807, 2.05) is 6.92 Å². The van der Waals surface area contributed by atoms with Gasteiger partial charge >= 0.3 is 11.7 Å². The number of unbranched alkanes of at least 4 members (excludes halogenated alkanes) is 1. The number of thioether (sulfide) groups is 1. The largest absolute Gasteiger partial charge is 0.461 e. The lowest BCUT2D eigenvalue weighted by Gasteiger charge is -2.56. The first-order chi connectivity index (χ1) is 13.9. The van der Waals surface area contributed by atoms with E-state index in [9.17, 15) is 14.4 Å². The number of hydrogen-bond donors (Lipinski definition) is 2. The number of aromatic nitrogens is 2. The molecule has 7 nitrogen and oxygen atoms in total. The van der Waals surface area contributed by atoms with Crippen LogP contribution in [0.4, 0.5) is 0 Å². The van der Waals surface area contributed by atoms with Crippen LogP contribution in [0.15, 0.2) is 15.9 Å². The van der Waals surface area contributed by atoms with Gasteiger partial charge in [0, 0.05) is 11.6 Å². The summed E-state index contributed by atoms with van der Waals surface area (Å²) < 4.78 is 5.14. The highest BCUT2D eigenvalue weighted by molar-refractivity contribution is 7.99. The van der Waals surface area contributed by atoms with Gasteiger partial charge in [0.25, 0.3) is 0 Å². The molecule has 0 aliphatic heterocycles. The average molecular weight is 420 g/mol. The Morgan fingerprint density at radius 2 is 1.90 bits per heavy atom. The maximum Gasteiger partial charge on any atom is 0.354 e. The standard InChI is InChI=1S/C21H29N3O4S/c1-2-3-4-28-19(26)16-8-18(23-20(27)22-16)29-12-17(25)24-21-9-13-5-14(10-21)7-15(6-13)11-21/h8,13-15H,2-7,9-12H2,1H3,(H,24,25)(H,22,23,27). The van der Waals surface area contributed by atoms with E-state index in [-0.39, 0.29) is 22.9 Å². The Bertz CT molecular complexity index is 802. The molecule has 4 bridgehead atoms. The van der Waals surface area contributed by atoms with E-state index < -0.39 is 11.7 Å². The third-order valence-electron chi connectivity index (χ3n) is 6.47. The summed E-state index contributed by atoms with van der Waals surface area (Å²) in [6, 6.07) is 1.48. The molecule has 4 aliphatic rings. The van der Waals surface area contributed by atoms with Crippen molar-refractivity contribution in [3.05, 3.63) is 22.2 Å². The Labute approximate surface area is 174 Å². The summed E-state index contributed by atoms with van der Waals surface area (Å²) in [6.07, 6.45) is 8.99. The van der Waals surface area contributed by atoms with Crippen LogP contribution in [0, 0.1) is 17.8 Å². The fourth-order valence-electron chi connectivity index (χ4n) is 5.74. The lowest BCUT2D eigenvalue weighted by atomic mass is 9.53. The van der Waals surface area contributed by atoms with Gasteiger partial charge in [-0.25, -0.2) is 9.59 Å². The lowest BCUT2D eigenvalue weighted by molar-refractivity contribution is -0.124. The molecule has 158 valence electrons. The molecule has 4 fully saturated rings. The number of carbonyl (C=O) groups is 2. The van der Waals surface area contributed by atoms with Gasteiger partial charge in [-0.1, -0.05) is 25.1 Å². The summed E-state index contributed by atoms with van der Waals surface area (Å²) in [5.41, 5.74) is -0.564. The highest BCUT2D eigenvalue weighted by atomic mass is 32.2. The van der Waals surface area contributed by atoms with Crippen molar-refractivity contribution in [3.63, 3.8) is 0 Å². The Balaban J connectivity index is 1.33. The Hall–Kier alpha value is -1.83. The average Bonchev–Trinajstić information content (AvgIpc) is 2.64. The van der Waals surface area contributed by atoms with Gasteiger partial charge in [-0.3, -0.25) is 9.78 Å². The summed E-state index contributed by atoms with van der Waals surface area (Å²) in [4.78, 5) is 42.8. The van der Waals surface area contributed by atoms with Gasteiger partial charge in [0.1, 0.15) is 10.7 Å². The molecule has 0 spiro atoms. The van der Waals surface area contributed by atoms with E-state index in [0.717, 1.165) is 49.9 Å². The molecular formula is C21H29N3O4S. The van der Waals surface area contributed by atoms with Crippen molar-refractivity contribution < 1.29 is 14.3 Å².